The van der Waals surface area contributed by atoms with Gasteiger partial charge < -0.3 is 10.5 Å². The molecular formula is C19H22F2N4O4S. The number of hydrogen-bond donors (Lipinski definition) is 1. The third-order valence-corrected chi connectivity index (χ3v) is 6.18. The van der Waals surface area contributed by atoms with Crippen LogP contribution in [0.5, 0.6) is 5.75 Å². The van der Waals surface area contributed by atoms with Gasteiger partial charge in [0.15, 0.2) is 11.6 Å². The number of rotatable bonds is 7. The first-order valence-electron chi connectivity index (χ1n) is 9.61. The molecule has 1 unspecified atom stereocenters. The average molecular weight is 440 g/mol. The summed E-state index contributed by atoms with van der Waals surface area (Å²) in [5.41, 5.74) is 7.54. The summed E-state index contributed by atoms with van der Waals surface area (Å²) in [5, 5.41) is 0. The van der Waals surface area contributed by atoms with E-state index in [9.17, 15) is 17.2 Å². The summed E-state index contributed by atoms with van der Waals surface area (Å²) < 4.78 is 57.5. The average Bonchev–Trinajstić information content (AvgIpc) is 3.17. The lowest BCUT2D eigenvalue weighted by molar-refractivity contribution is -0.0494. The highest BCUT2D eigenvalue weighted by molar-refractivity contribution is 7.86. The van der Waals surface area contributed by atoms with Crippen molar-refractivity contribution in [2.45, 2.75) is 44.8 Å². The Hall–Kier alpha value is -2.40. The first-order valence-corrected chi connectivity index (χ1v) is 11.4. The molecule has 2 aromatic rings. The van der Waals surface area contributed by atoms with Crippen molar-refractivity contribution in [2.24, 2.45) is 11.8 Å². The van der Waals surface area contributed by atoms with E-state index in [1.807, 2.05) is 13.0 Å². The van der Waals surface area contributed by atoms with Crippen LogP contribution in [0.25, 0.3) is 11.3 Å². The molecule has 2 aromatic heterocycles. The lowest BCUT2D eigenvalue weighted by atomic mass is 10.0. The fourth-order valence-electron chi connectivity index (χ4n) is 4.34. The molecule has 2 N–H and O–H groups in total. The maximum atomic E-state index is 12.6. The number of aromatic nitrogens is 3. The quantitative estimate of drug-likeness (QED) is 0.653. The van der Waals surface area contributed by atoms with Gasteiger partial charge in [-0.1, -0.05) is 6.92 Å². The molecule has 2 aliphatic carbocycles. The van der Waals surface area contributed by atoms with E-state index in [4.69, 9.17) is 9.92 Å². The van der Waals surface area contributed by atoms with E-state index in [2.05, 4.69) is 19.7 Å². The minimum atomic E-state index is -3.47. The van der Waals surface area contributed by atoms with Crippen LogP contribution in [0, 0.1) is 11.8 Å². The molecule has 2 fully saturated rings. The van der Waals surface area contributed by atoms with Crippen molar-refractivity contribution >= 4 is 15.9 Å². The van der Waals surface area contributed by atoms with E-state index in [1.54, 1.807) is 0 Å². The highest BCUT2D eigenvalue weighted by atomic mass is 32.2. The summed E-state index contributed by atoms with van der Waals surface area (Å²) in [7, 11) is -3.47. The summed E-state index contributed by atoms with van der Waals surface area (Å²) in [6, 6.07) is 3.22. The van der Waals surface area contributed by atoms with Gasteiger partial charge in [0.05, 0.1) is 18.1 Å². The van der Waals surface area contributed by atoms with Gasteiger partial charge in [-0.2, -0.15) is 17.2 Å². The molecule has 30 heavy (non-hydrogen) atoms. The molecule has 2 heterocycles. The molecule has 2 saturated carbocycles. The predicted octanol–water partition coefficient (Wildman–Crippen LogP) is 2.75. The molecule has 8 nitrogen and oxygen atoms in total. The Morgan fingerprint density at radius 1 is 1.23 bits per heavy atom. The second-order valence-electron chi connectivity index (χ2n) is 7.68. The van der Waals surface area contributed by atoms with Crippen LogP contribution in [0.3, 0.4) is 0 Å². The van der Waals surface area contributed by atoms with E-state index in [-0.39, 0.29) is 23.6 Å². The minimum absolute atomic E-state index is 0.127. The van der Waals surface area contributed by atoms with Crippen LogP contribution in [0.4, 0.5) is 14.6 Å². The second kappa shape index (κ2) is 7.69. The van der Waals surface area contributed by atoms with Crippen LogP contribution in [-0.4, -0.2) is 42.3 Å². The Kier molecular flexibility index (Phi) is 5.35. The van der Waals surface area contributed by atoms with Crippen LogP contribution in [0.15, 0.2) is 18.3 Å². The van der Waals surface area contributed by atoms with Gasteiger partial charge in [-0.15, -0.1) is 0 Å². The number of nitrogens with two attached hydrogens (primary N) is 1. The summed E-state index contributed by atoms with van der Waals surface area (Å²) >= 11 is 0. The van der Waals surface area contributed by atoms with Gasteiger partial charge in [-0.05, 0) is 36.8 Å². The van der Waals surface area contributed by atoms with Crippen molar-refractivity contribution in [3.05, 3.63) is 29.8 Å². The molecule has 0 aromatic carbocycles. The first-order chi connectivity index (χ1) is 14.1. The zero-order valence-corrected chi connectivity index (χ0v) is 17.3. The summed E-state index contributed by atoms with van der Waals surface area (Å²) in [6.45, 7) is -1.08. The Morgan fingerprint density at radius 2 is 1.93 bits per heavy atom. The lowest BCUT2D eigenvalue weighted by Gasteiger charge is -2.14. The smallest absolute Gasteiger partial charge is 0.387 e. The van der Waals surface area contributed by atoms with Crippen molar-refractivity contribution in [2.75, 3.05) is 12.0 Å². The van der Waals surface area contributed by atoms with E-state index in [0.717, 1.165) is 11.9 Å². The highest BCUT2D eigenvalue weighted by Crippen LogP contribution is 2.63. The summed E-state index contributed by atoms with van der Waals surface area (Å²) in [5.74, 6) is 1.12. The van der Waals surface area contributed by atoms with Crippen LogP contribution >= 0.6 is 0 Å². The normalized spacial score (nSPS) is 25.4. The van der Waals surface area contributed by atoms with Crippen LogP contribution in [-0.2, 0) is 20.7 Å². The largest absolute Gasteiger partial charge is 0.431 e. The van der Waals surface area contributed by atoms with Gasteiger partial charge >= 0.3 is 6.61 Å². The fourth-order valence-corrected chi connectivity index (χ4v) is 4.99. The third-order valence-electron chi connectivity index (χ3n) is 5.56. The monoisotopic (exact) mass is 440 g/mol. The maximum absolute atomic E-state index is 12.6. The number of nitrogen functional groups attached to an aromatic ring is 1. The molecule has 0 amide bonds. The number of hydrogen-bond acceptors (Lipinski definition) is 8. The van der Waals surface area contributed by atoms with Crippen LogP contribution < -0.4 is 10.5 Å². The van der Waals surface area contributed by atoms with Gasteiger partial charge in [0.2, 0.25) is 0 Å². The third kappa shape index (κ3) is 4.36. The van der Waals surface area contributed by atoms with E-state index < -0.39 is 16.7 Å². The Labute approximate surface area is 173 Å². The minimum Gasteiger partial charge on any atom is -0.431 e. The van der Waals surface area contributed by atoms with Gasteiger partial charge in [0, 0.05) is 29.8 Å². The molecule has 0 saturated heterocycles. The van der Waals surface area contributed by atoms with Gasteiger partial charge in [0.1, 0.15) is 5.82 Å². The number of alkyl halides is 2. The van der Waals surface area contributed by atoms with Gasteiger partial charge in [-0.3, -0.25) is 4.18 Å². The second-order valence-corrected chi connectivity index (χ2v) is 9.28. The van der Waals surface area contributed by atoms with Crippen LogP contribution in [0.1, 0.15) is 37.2 Å². The maximum Gasteiger partial charge on any atom is 0.387 e. The molecular weight excluding hydrogens is 418 g/mol. The van der Waals surface area contributed by atoms with E-state index >= 15 is 0 Å². The molecule has 0 radical (unpaired) electrons. The SMILES string of the molecule is CCc1nc(-c2cnc(N)c(OC(F)F)c2)cc([C@H]2[C@@H]3CC(OS(C)(=O)=O)C[C@@H]32)n1. The zero-order valence-electron chi connectivity index (χ0n) is 16.5. The first kappa shape index (κ1) is 20.9. The van der Waals surface area contributed by atoms with Gasteiger partial charge in [-0.25, -0.2) is 15.0 Å². The van der Waals surface area contributed by atoms with Crippen molar-refractivity contribution in [1.29, 1.82) is 0 Å². The summed E-state index contributed by atoms with van der Waals surface area (Å²) in [6.07, 6.45) is 4.17. The highest BCUT2D eigenvalue weighted by Gasteiger charge is 2.58. The predicted molar refractivity (Wildman–Crippen MR) is 104 cm³/mol. The molecule has 11 heteroatoms. The van der Waals surface area contributed by atoms with Crippen molar-refractivity contribution in [3.8, 4) is 17.0 Å². The number of aryl methyl sites for hydroxylation is 1. The fraction of sp³-hybridized carbons (Fsp3) is 0.526. The van der Waals surface area contributed by atoms with Crippen molar-refractivity contribution < 1.29 is 26.1 Å². The number of halogens is 2. The van der Waals surface area contributed by atoms with Crippen LogP contribution in [0.2, 0.25) is 0 Å². The molecule has 0 aliphatic heterocycles. The van der Waals surface area contributed by atoms with Crippen molar-refractivity contribution in [3.63, 3.8) is 0 Å². The number of anilines is 1. The van der Waals surface area contributed by atoms with E-state index in [0.29, 0.717) is 48.2 Å². The number of pyridine rings is 1. The number of ether oxygens (including phenoxy) is 1. The Morgan fingerprint density at radius 3 is 2.53 bits per heavy atom. The number of fused-ring (bicyclic) bond motifs is 1. The Bertz CT molecular complexity index is 1050. The van der Waals surface area contributed by atoms with Crippen molar-refractivity contribution in [1.82, 2.24) is 15.0 Å². The lowest BCUT2D eigenvalue weighted by Crippen LogP contribution is -2.17. The molecule has 0 spiro atoms. The number of nitrogens with zero attached hydrogens (tertiary/aromatic N) is 3. The van der Waals surface area contributed by atoms with Gasteiger partial charge in [0.25, 0.3) is 10.1 Å². The topological polar surface area (TPSA) is 117 Å². The standard InChI is InChI=1S/C19H22F2N4O4S/c1-3-16-24-13(9-4-15(28-19(20)21)18(22)23-8-9)7-14(25-16)17-11-5-10(6-12(11)17)29-30(2,26)27/h4,7-8,10-12,17,19H,3,5-6H2,1-2H3,(H2,22,23)/t10?,11-,12+,17+. The summed E-state index contributed by atoms with van der Waals surface area (Å²) in [4.78, 5) is 13.1. The van der Waals surface area contributed by atoms with E-state index in [1.165, 1.54) is 12.3 Å². The molecule has 2 aliphatic rings. The zero-order chi connectivity index (χ0) is 21.6. The molecule has 162 valence electrons. The molecule has 4 rings (SSSR count). The molecule has 4 atom stereocenters. The Balaban J connectivity index is 1.58. The molecule has 0 bridgehead atoms.